The first-order valence-electron chi connectivity index (χ1n) is 7.22. The first-order valence-corrected chi connectivity index (χ1v) is 8.87. The zero-order chi connectivity index (χ0) is 17.2. The molecule has 0 spiro atoms. The number of carbonyl (C=O) groups excluding carboxylic acids is 1. The van der Waals surface area contributed by atoms with Crippen LogP contribution in [-0.2, 0) is 21.7 Å². The minimum absolute atomic E-state index is 0.158. The third-order valence-corrected chi connectivity index (χ3v) is 5.04. The fraction of sp³-hybridized carbons (Fsp3) is 0.357. The Morgan fingerprint density at radius 3 is 2.75 bits per heavy atom. The van der Waals surface area contributed by atoms with Gasteiger partial charge in [0.25, 0.3) is 0 Å². The highest BCUT2D eigenvalue weighted by Crippen LogP contribution is 2.32. The molecule has 1 amide bonds. The second kappa shape index (κ2) is 6.48. The van der Waals surface area contributed by atoms with Crippen LogP contribution in [0.15, 0.2) is 29.7 Å². The van der Waals surface area contributed by atoms with Crippen molar-refractivity contribution in [2.75, 3.05) is 24.3 Å². The van der Waals surface area contributed by atoms with E-state index in [1.165, 1.54) is 17.9 Å². The molecular weight excluding hydrogens is 336 g/mol. The summed E-state index contributed by atoms with van der Waals surface area (Å²) in [5, 5.41) is 9.58. The Labute approximate surface area is 138 Å². The summed E-state index contributed by atoms with van der Waals surface area (Å²) in [6, 6.07) is 5.01. The quantitative estimate of drug-likeness (QED) is 0.828. The van der Waals surface area contributed by atoms with Crippen LogP contribution >= 0.6 is 0 Å². The van der Waals surface area contributed by atoms with Gasteiger partial charge in [0.05, 0.1) is 5.75 Å². The molecule has 9 nitrogen and oxygen atoms in total. The molecule has 2 aromatic rings. The number of ether oxygens (including phenoxy) is 2. The summed E-state index contributed by atoms with van der Waals surface area (Å²) in [5.41, 5.74) is 0.514. The maximum Gasteiger partial charge on any atom is 0.249 e. The van der Waals surface area contributed by atoms with Crippen LogP contribution < -0.4 is 14.8 Å². The van der Waals surface area contributed by atoms with Crippen molar-refractivity contribution in [1.29, 1.82) is 0 Å². The van der Waals surface area contributed by atoms with E-state index < -0.39 is 15.7 Å². The van der Waals surface area contributed by atoms with Crippen LogP contribution in [0.3, 0.4) is 0 Å². The molecule has 128 valence electrons. The number of amides is 1. The van der Waals surface area contributed by atoms with E-state index in [-0.39, 0.29) is 17.3 Å². The second-order valence-electron chi connectivity index (χ2n) is 5.20. The first-order chi connectivity index (χ1) is 11.5. The molecule has 1 aromatic carbocycles. The van der Waals surface area contributed by atoms with Gasteiger partial charge in [0, 0.05) is 25.2 Å². The lowest BCUT2D eigenvalue weighted by molar-refractivity contribution is -0.115. The van der Waals surface area contributed by atoms with Gasteiger partial charge in [-0.3, -0.25) is 4.79 Å². The molecule has 2 heterocycles. The smallest absolute Gasteiger partial charge is 0.249 e. The SMILES string of the molecule is Cn1cnnc1S(=O)(=O)CCC(=O)Nc1ccc2c(c1)OCCO2. The molecule has 1 aliphatic rings. The first kappa shape index (κ1) is 16.2. The lowest BCUT2D eigenvalue weighted by atomic mass is 10.2. The molecular formula is C14H16N4O5S. The summed E-state index contributed by atoms with van der Waals surface area (Å²) in [5.74, 6) is 0.392. The van der Waals surface area contributed by atoms with E-state index in [1.807, 2.05) is 0 Å². The maximum absolute atomic E-state index is 12.1. The predicted molar refractivity (Wildman–Crippen MR) is 83.7 cm³/mol. The highest BCUT2D eigenvalue weighted by Gasteiger charge is 2.22. The van der Waals surface area contributed by atoms with Crippen molar-refractivity contribution >= 4 is 21.4 Å². The van der Waals surface area contributed by atoms with Gasteiger partial charge in [-0.15, -0.1) is 10.2 Å². The van der Waals surface area contributed by atoms with E-state index >= 15 is 0 Å². The highest BCUT2D eigenvalue weighted by atomic mass is 32.2. The van der Waals surface area contributed by atoms with Crippen molar-refractivity contribution in [2.45, 2.75) is 11.6 Å². The summed E-state index contributed by atoms with van der Waals surface area (Å²) in [6.07, 6.45) is 1.10. The highest BCUT2D eigenvalue weighted by molar-refractivity contribution is 7.91. The van der Waals surface area contributed by atoms with Gasteiger partial charge in [-0.05, 0) is 12.1 Å². The van der Waals surface area contributed by atoms with Gasteiger partial charge in [-0.25, -0.2) is 8.42 Å². The molecule has 0 atom stereocenters. The number of carbonyl (C=O) groups is 1. The summed E-state index contributed by atoms with van der Waals surface area (Å²) in [4.78, 5) is 12.0. The van der Waals surface area contributed by atoms with E-state index in [0.717, 1.165) is 0 Å². The molecule has 0 fully saturated rings. The number of aromatic nitrogens is 3. The number of rotatable bonds is 5. The number of nitrogens with one attached hydrogen (secondary N) is 1. The fourth-order valence-electron chi connectivity index (χ4n) is 2.22. The number of aryl methyl sites for hydroxylation is 1. The van der Waals surface area contributed by atoms with Gasteiger partial charge in [0.2, 0.25) is 20.9 Å². The van der Waals surface area contributed by atoms with Crippen LogP contribution in [0.4, 0.5) is 5.69 Å². The van der Waals surface area contributed by atoms with Crippen molar-refractivity contribution < 1.29 is 22.7 Å². The Bertz CT molecular complexity index is 862. The van der Waals surface area contributed by atoms with Gasteiger partial charge in [-0.2, -0.15) is 0 Å². The molecule has 0 saturated carbocycles. The third-order valence-electron chi connectivity index (χ3n) is 3.37. The van der Waals surface area contributed by atoms with Crippen LogP contribution in [-0.4, -0.2) is 48.1 Å². The number of hydrogen-bond donors (Lipinski definition) is 1. The summed E-state index contributed by atoms with van der Waals surface area (Å²) < 4.78 is 36.4. The molecule has 1 aliphatic heterocycles. The second-order valence-corrected chi connectivity index (χ2v) is 7.20. The topological polar surface area (TPSA) is 112 Å². The van der Waals surface area contributed by atoms with Crippen molar-refractivity contribution in [1.82, 2.24) is 14.8 Å². The van der Waals surface area contributed by atoms with Crippen LogP contribution in [0.1, 0.15) is 6.42 Å². The minimum Gasteiger partial charge on any atom is -0.486 e. The van der Waals surface area contributed by atoms with Gasteiger partial charge in [0.1, 0.15) is 19.5 Å². The fourth-order valence-corrected chi connectivity index (χ4v) is 3.51. The summed E-state index contributed by atoms with van der Waals surface area (Å²) >= 11 is 0. The Kier molecular flexibility index (Phi) is 4.38. The van der Waals surface area contributed by atoms with Crippen molar-refractivity contribution in [2.24, 2.45) is 7.05 Å². The molecule has 0 bridgehead atoms. The van der Waals surface area contributed by atoms with Gasteiger partial charge in [0.15, 0.2) is 11.5 Å². The third kappa shape index (κ3) is 3.48. The van der Waals surface area contributed by atoms with E-state index in [9.17, 15) is 13.2 Å². The molecule has 0 aliphatic carbocycles. The summed E-state index contributed by atoms with van der Waals surface area (Å²) in [7, 11) is -2.14. The molecule has 24 heavy (non-hydrogen) atoms. The molecule has 1 N–H and O–H groups in total. The average molecular weight is 352 g/mol. The Balaban J connectivity index is 1.61. The van der Waals surface area contributed by atoms with Crippen molar-refractivity contribution in [3.8, 4) is 11.5 Å². The Morgan fingerprint density at radius 1 is 1.29 bits per heavy atom. The molecule has 3 rings (SSSR count). The van der Waals surface area contributed by atoms with Gasteiger partial charge >= 0.3 is 0 Å². The zero-order valence-electron chi connectivity index (χ0n) is 12.9. The van der Waals surface area contributed by atoms with Crippen molar-refractivity contribution in [3.63, 3.8) is 0 Å². The summed E-state index contributed by atoms with van der Waals surface area (Å²) in [6.45, 7) is 0.930. The molecule has 0 unspecified atom stereocenters. The van der Waals surface area contributed by atoms with E-state index in [0.29, 0.717) is 30.4 Å². The monoisotopic (exact) mass is 352 g/mol. The predicted octanol–water partition coefficient (Wildman–Crippen LogP) is 0.389. The minimum atomic E-state index is -3.67. The number of fused-ring (bicyclic) bond motifs is 1. The Hall–Kier alpha value is -2.62. The van der Waals surface area contributed by atoms with E-state index in [4.69, 9.17) is 9.47 Å². The lowest BCUT2D eigenvalue weighted by Gasteiger charge is -2.19. The molecule has 0 saturated heterocycles. The number of hydrogen-bond acceptors (Lipinski definition) is 7. The van der Waals surface area contributed by atoms with Gasteiger partial charge < -0.3 is 19.4 Å². The largest absolute Gasteiger partial charge is 0.486 e. The van der Waals surface area contributed by atoms with Crippen LogP contribution in [0.2, 0.25) is 0 Å². The average Bonchev–Trinajstić information content (AvgIpc) is 3.00. The normalized spacial score (nSPS) is 13.5. The van der Waals surface area contributed by atoms with E-state index in [1.54, 1.807) is 18.2 Å². The number of sulfone groups is 1. The number of nitrogens with zero attached hydrogens (tertiary/aromatic N) is 3. The molecule has 10 heteroatoms. The molecule has 1 aromatic heterocycles. The lowest BCUT2D eigenvalue weighted by Crippen LogP contribution is -2.20. The molecule has 0 radical (unpaired) electrons. The Morgan fingerprint density at radius 2 is 2.04 bits per heavy atom. The van der Waals surface area contributed by atoms with Crippen LogP contribution in [0.5, 0.6) is 11.5 Å². The number of benzene rings is 1. The van der Waals surface area contributed by atoms with Crippen molar-refractivity contribution in [3.05, 3.63) is 24.5 Å². The standard InChI is InChI=1S/C14H16N4O5S/c1-18-9-15-17-14(18)24(20,21)7-4-13(19)16-10-2-3-11-12(8-10)23-6-5-22-11/h2-3,8-9H,4-7H2,1H3,(H,16,19). The van der Waals surface area contributed by atoms with E-state index in [2.05, 4.69) is 15.5 Å². The zero-order valence-corrected chi connectivity index (χ0v) is 13.7. The van der Waals surface area contributed by atoms with Gasteiger partial charge in [-0.1, -0.05) is 0 Å². The number of anilines is 1. The van der Waals surface area contributed by atoms with Crippen LogP contribution in [0, 0.1) is 0 Å². The van der Waals surface area contributed by atoms with Crippen LogP contribution in [0.25, 0.3) is 0 Å². The maximum atomic E-state index is 12.1.